The molecule has 1 saturated carbocycles. The molecule has 1 aromatic carbocycles. The molecule has 5 nitrogen and oxygen atoms in total. The molecule has 134 valence electrons. The van der Waals surface area contributed by atoms with Crippen molar-refractivity contribution in [2.75, 3.05) is 19.6 Å². The molecule has 2 aromatic rings. The predicted molar refractivity (Wildman–Crippen MR) is 104 cm³/mol. The SMILES string of the molecule is COc1ccc(-c2csc(NN=C3CCCCCCC3)n2)c(OC)c1. The fraction of sp³-hybridized carbons (Fsp3) is 0.474. The predicted octanol–water partition coefficient (Wildman–Crippen LogP) is 5.34. The zero-order valence-corrected chi connectivity index (χ0v) is 15.7. The molecule has 1 aliphatic rings. The van der Waals surface area contributed by atoms with E-state index in [9.17, 15) is 0 Å². The fourth-order valence-corrected chi connectivity index (χ4v) is 3.66. The number of aromatic nitrogens is 1. The number of hydrazone groups is 1. The van der Waals surface area contributed by atoms with Crippen molar-refractivity contribution in [1.82, 2.24) is 4.98 Å². The Kier molecular flexibility index (Phi) is 6.28. The van der Waals surface area contributed by atoms with E-state index in [0.29, 0.717) is 0 Å². The molecule has 1 N–H and O–H groups in total. The smallest absolute Gasteiger partial charge is 0.203 e. The van der Waals surface area contributed by atoms with Gasteiger partial charge in [0, 0.05) is 22.7 Å². The van der Waals surface area contributed by atoms with E-state index < -0.39 is 0 Å². The van der Waals surface area contributed by atoms with Gasteiger partial charge in [-0.05, 0) is 37.8 Å². The van der Waals surface area contributed by atoms with Crippen LogP contribution in [0.3, 0.4) is 0 Å². The summed E-state index contributed by atoms with van der Waals surface area (Å²) in [6.45, 7) is 0. The van der Waals surface area contributed by atoms with Gasteiger partial charge in [-0.25, -0.2) is 4.98 Å². The maximum atomic E-state index is 5.47. The monoisotopic (exact) mass is 359 g/mol. The third kappa shape index (κ3) is 4.72. The van der Waals surface area contributed by atoms with Gasteiger partial charge in [0.2, 0.25) is 5.13 Å². The number of hydrogen-bond acceptors (Lipinski definition) is 6. The Balaban J connectivity index is 1.72. The molecular formula is C19H25N3O2S. The second-order valence-corrected chi connectivity index (χ2v) is 7.02. The summed E-state index contributed by atoms with van der Waals surface area (Å²) < 4.78 is 10.7. The Bertz CT molecular complexity index is 717. The van der Waals surface area contributed by atoms with Crippen molar-refractivity contribution in [1.29, 1.82) is 0 Å². The quantitative estimate of drug-likeness (QED) is 0.732. The summed E-state index contributed by atoms with van der Waals surface area (Å²) in [6.07, 6.45) is 8.67. The lowest BCUT2D eigenvalue weighted by Crippen LogP contribution is -2.05. The van der Waals surface area contributed by atoms with Crippen molar-refractivity contribution in [2.45, 2.75) is 44.9 Å². The lowest BCUT2D eigenvalue weighted by atomic mass is 9.99. The van der Waals surface area contributed by atoms with E-state index in [1.165, 1.54) is 37.8 Å². The van der Waals surface area contributed by atoms with E-state index >= 15 is 0 Å². The molecule has 3 rings (SSSR count). The van der Waals surface area contributed by atoms with Crippen molar-refractivity contribution >= 4 is 22.2 Å². The molecule has 6 heteroatoms. The highest BCUT2D eigenvalue weighted by atomic mass is 32.1. The van der Waals surface area contributed by atoms with Crippen LogP contribution in [0.5, 0.6) is 11.5 Å². The van der Waals surface area contributed by atoms with Crippen molar-refractivity contribution in [2.24, 2.45) is 5.10 Å². The van der Waals surface area contributed by atoms with Crippen LogP contribution in [0.1, 0.15) is 44.9 Å². The third-order valence-corrected chi connectivity index (χ3v) is 5.18. The van der Waals surface area contributed by atoms with Crippen LogP contribution in [-0.2, 0) is 0 Å². The van der Waals surface area contributed by atoms with Gasteiger partial charge in [0.25, 0.3) is 0 Å². The first-order chi connectivity index (χ1) is 12.3. The number of benzene rings is 1. The maximum Gasteiger partial charge on any atom is 0.203 e. The van der Waals surface area contributed by atoms with Crippen molar-refractivity contribution in [3.05, 3.63) is 23.6 Å². The Hall–Kier alpha value is -2.08. The van der Waals surface area contributed by atoms with E-state index in [0.717, 1.165) is 40.7 Å². The Morgan fingerprint density at radius 3 is 2.52 bits per heavy atom. The zero-order chi connectivity index (χ0) is 17.5. The summed E-state index contributed by atoms with van der Waals surface area (Å²) in [5.74, 6) is 1.52. The van der Waals surface area contributed by atoms with Gasteiger partial charge in [-0.3, -0.25) is 5.43 Å². The second kappa shape index (κ2) is 8.85. The first kappa shape index (κ1) is 17.7. The highest BCUT2D eigenvalue weighted by Crippen LogP contribution is 2.34. The Morgan fingerprint density at radius 2 is 1.80 bits per heavy atom. The number of thiazole rings is 1. The summed E-state index contributed by atoms with van der Waals surface area (Å²) in [5, 5.41) is 7.42. The molecule has 1 fully saturated rings. The number of anilines is 1. The first-order valence-corrected chi connectivity index (χ1v) is 9.67. The Labute approximate surface area is 153 Å². The van der Waals surface area contributed by atoms with Crippen LogP contribution in [0.25, 0.3) is 11.3 Å². The van der Waals surface area contributed by atoms with Gasteiger partial charge in [-0.15, -0.1) is 11.3 Å². The van der Waals surface area contributed by atoms with Crippen LogP contribution in [0, 0.1) is 0 Å². The number of methoxy groups -OCH3 is 2. The van der Waals surface area contributed by atoms with E-state index in [1.54, 1.807) is 25.6 Å². The minimum absolute atomic E-state index is 0.752. The van der Waals surface area contributed by atoms with Crippen LogP contribution in [0.15, 0.2) is 28.7 Å². The maximum absolute atomic E-state index is 5.47. The van der Waals surface area contributed by atoms with Crippen molar-refractivity contribution in [3.63, 3.8) is 0 Å². The molecule has 0 bridgehead atoms. The topological polar surface area (TPSA) is 55.7 Å². The van der Waals surface area contributed by atoms with Gasteiger partial charge in [0.15, 0.2) is 0 Å². The molecule has 0 aliphatic heterocycles. The summed E-state index contributed by atoms with van der Waals surface area (Å²) >= 11 is 1.56. The molecule has 0 amide bonds. The van der Waals surface area contributed by atoms with Crippen LogP contribution in [0.4, 0.5) is 5.13 Å². The van der Waals surface area contributed by atoms with Gasteiger partial charge in [-0.1, -0.05) is 19.3 Å². The molecule has 0 spiro atoms. The Morgan fingerprint density at radius 1 is 1.04 bits per heavy atom. The fourth-order valence-electron chi connectivity index (χ4n) is 3.01. The molecule has 25 heavy (non-hydrogen) atoms. The zero-order valence-electron chi connectivity index (χ0n) is 14.9. The number of nitrogens with one attached hydrogen (secondary N) is 1. The van der Waals surface area contributed by atoms with Crippen molar-refractivity contribution in [3.8, 4) is 22.8 Å². The number of rotatable bonds is 5. The average molecular weight is 359 g/mol. The van der Waals surface area contributed by atoms with E-state index in [1.807, 2.05) is 23.6 Å². The normalized spacial score (nSPS) is 15.2. The van der Waals surface area contributed by atoms with Crippen molar-refractivity contribution < 1.29 is 9.47 Å². The van der Waals surface area contributed by atoms with Crippen LogP contribution in [0.2, 0.25) is 0 Å². The summed E-state index contributed by atoms with van der Waals surface area (Å²) in [4.78, 5) is 4.65. The average Bonchev–Trinajstić information content (AvgIpc) is 3.09. The van der Waals surface area contributed by atoms with E-state index in [4.69, 9.17) is 9.47 Å². The molecule has 0 unspecified atom stereocenters. The van der Waals surface area contributed by atoms with Crippen LogP contribution < -0.4 is 14.9 Å². The second-order valence-electron chi connectivity index (χ2n) is 6.16. The number of nitrogens with zero attached hydrogens (tertiary/aromatic N) is 2. The van der Waals surface area contributed by atoms with E-state index in [2.05, 4.69) is 15.5 Å². The molecule has 0 saturated heterocycles. The van der Waals surface area contributed by atoms with Gasteiger partial charge in [0.05, 0.1) is 19.9 Å². The summed E-state index contributed by atoms with van der Waals surface area (Å²) in [5.41, 5.74) is 6.23. The largest absolute Gasteiger partial charge is 0.497 e. The van der Waals surface area contributed by atoms with Crippen LogP contribution >= 0.6 is 11.3 Å². The minimum atomic E-state index is 0.752. The standard InChI is InChI=1S/C19H25N3O2S/c1-23-15-10-11-16(18(12-15)24-2)17-13-25-19(20-17)22-21-14-8-6-4-3-5-7-9-14/h10-13H,3-9H2,1-2H3,(H,20,22). The molecule has 1 aromatic heterocycles. The molecule has 0 atom stereocenters. The van der Waals surface area contributed by atoms with Gasteiger partial charge in [0.1, 0.15) is 11.5 Å². The van der Waals surface area contributed by atoms with Gasteiger partial charge in [-0.2, -0.15) is 5.10 Å². The highest BCUT2D eigenvalue weighted by molar-refractivity contribution is 7.14. The lowest BCUT2D eigenvalue weighted by Gasteiger charge is -2.10. The summed E-state index contributed by atoms with van der Waals surface area (Å²) in [6, 6.07) is 5.76. The molecule has 1 heterocycles. The van der Waals surface area contributed by atoms with Crippen LogP contribution in [-0.4, -0.2) is 24.9 Å². The lowest BCUT2D eigenvalue weighted by molar-refractivity contribution is 0.395. The summed E-state index contributed by atoms with van der Waals surface area (Å²) in [7, 11) is 3.30. The van der Waals surface area contributed by atoms with Gasteiger partial charge < -0.3 is 9.47 Å². The molecular weight excluding hydrogens is 334 g/mol. The third-order valence-electron chi connectivity index (χ3n) is 4.43. The molecule has 1 aliphatic carbocycles. The highest BCUT2D eigenvalue weighted by Gasteiger charge is 2.11. The minimum Gasteiger partial charge on any atom is -0.497 e. The van der Waals surface area contributed by atoms with E-state index in [-0.39, 0.29) is 0 Å². The van der Waals surface area contributed by atoms with Gasteiger partial charge >= 0.3 is 0 Å². The first-order valence-electron chi connectivity index (χ1n) is 8.79. The molecule has 0 radical (unpaired) electrons. The number of ether oxygens (including phenoxy) is 2. The number of hydrogen-bond donors (Lipinski definition) is 1.